The van der Waals surface area contributed by atoms with Gasteiger partial charge in [0.15, 0.2) is 5.16 Å². The number of aryl methyl sites for hydroxylation is 1. The van der Waals surface area contributed by atoms with Crippen LogP contribution in [0.3, 0.4) is 0 Å². The summed E-state index contributed by atoms with van der Waals surface area (Å²) in [4.78, 5) is 24.5. The maximum atomic E-state index is 13.7. The number of aromatic nitrogens is 3. The maximum Gasteiger partial charge on any atom is 0.233 e. The molecule has 1 aromatic carbocycles. The zero-order valence-corrected chi connectivity index (χ0v) is 14.9. The SMILES string of the molecule is CN(Cc1ccccc1F)C(=O)CSc1nnc(CCC(N)=O)n1C. The van der Waals surface area contributed by atoms with Crippen molar-refractivity contribution in [3.05, 3.63) is 41.5 Å². The van der Waals surface area contributed by atoms with Gasteiger partial charge in [-0.1, -0.05) is 30.0 Å². The summed E-state index contributed by atoms with van der Waals surface area (Å²) in [7, 11) is 3.40. The Hall–Kier alpha value is -2.42. The molecule has 9 heteroatoms. The first kappa shape index (κ1) is 18.9. The number of amides is 2. The third-order valence-corrected chi connectivity index (χ3v) is 4.64. The van der Waals surface area contributed by atoms with E-state index in [9.17, 15) is 14.0 Å². The normalized spacial score (nSPS) is 10.7. The highest BCUT2D eigenvalue weighted by atomic mass is 32.2. The molecule has 2 N–H and O–H groups in total. The highest BCUT2D eigenvalue weighted by Crippen LogP contribution is 2.17. The fraction of sp³-hybridized carbons (Fsp3) is 0.375. The van der Waals surface area contributed by atoms with E-state index >= 15 is 0 Å². The van der Waals surface area contributed by atoms with E-state index in [1.165, 1.54) is 22.7 Å². The molecule has 0 bridgehead atoms. The van der Waals surface area contributed by atoms with Gasteiger partial charge >= 0.3 is 0 Å². The smallest absolute Gasteiger partial charge is 0.233 e. The van der Waals surface area contributed by atoms with Gasteiger partial charge in [0.05, 0.1) is 5.75 Å². The minimum atomic E-state index is -0.401. The molecule has 2 aromatic rings. The number of carbonyl (C=O) groups excluding carboxylic acids is 2. The molecular formula is C16H20FN5O2S. The van der Waals surface area contributed by atoms with Crippen molar-refractivity contribution < 1.29 is 14.0 Å². The van der Waals surface area contributed by atoms with Crippen LogP contribution in [0.1, 0.15) is 17.8 Å². The lowest BCUT2D eigenvalue weighted by molar-refractivity contribution is -0.127. The van der Waals surface area contributed by atoms with Gasteiger partial charge in [-0.25, -0.2) is 4.39 Å². The summed E-state index contributed by atoms with van der Waals surface area (Å²) in [6, 6.07) is 6.37. The lowest BCUT2D eigenvalue weighted by atomic mass is 10.2. The van der Waals surface area contributed by atoms with Crippen molar-refractivity contribution in [1.29, 1.82) is 0 Å². The number of rotatable bonds is 8. The molecule has 2 amide bonds. The van der Waals surface area contributed by atoms with E-state index in [0.29, 0.717) is 23.0 Å². The van der Waals surface area contributed by atoms with Crippen molar-refractivity contribution in [2.45, 2.75) is 24.5 Å². The molecular weight excluding hydrogens is 345 g/mol. The summed E-state index contributed by atoms with van der Waals surface area (Å²) < 4.78 is 15.4. The van der Waals surface area contributed by atoms with Crippen molar-refractivity contribution in [2.24, 2.45) is 12.8 Å². The summed E-state index contributed by atoms with van der Waals surface area (Å²) in [6.07, 6.45) is 0.599. The van der Waals surface area contributed by atoms with Gasteiger partial charge in [-0.15, -0.1) is 10.2 Å². The van der Waals surface area contributed by atoms with Crippen LogP contribution in [-0.2, 0) is 29.6 Å². The molecule has 134 valence electrons. The summed E-state index contributed by atoms with van der Waals surface area (Å²) in [5.41, 5.74) is 5.59. The second kappa shape index (κ2) is 8.61. The second-order valence-corrected chi connectivity index (χ2v) is 6.50. The Kier molecular flexibility index (Phi) is 6.51. The van der Waals surface area contributed by atoms with Crippen LogP contribution < -0.4 is 5.73 Å². The number of nitrogens with two attached hydrogens (primary N) is 1. The van der Waals surface area contributed by atoms with Crippen molar-refractivity contribution >= 4 is 23.6 Å². The van der Waals surface area contributed by atoms with E-state index in [2.05, 4.69) is 10.2 Å². The Labute approximate surface area is 149 Å². The molecule has 0 aliphatic rings. The van der Waals surface area contributed by atoms with Gasteiger partial charge in [-0.2, -0.15) is 0 Å². The Morgan fingerprint density at radius 1 is 1.32 bits per heavy atom. The van der Waals surface area contributed by atoms with Gasteiger partial charge in [0.2, 0.25) is 11.8 Å². The number of carbonyl (C=O) groups is 2. The second-order valence-electron chi connectivity index (χ2n) is 5.55. The van der Waals surface area contributed by atoms with E-state index in [0.717, 1.165) is 0 Å². The summed E-state index contributed by atoms with van der Waals surface area (Å²) in [5, 5.41) is 8.59. The molecule has 1 aromatic heterocycles. The standard InChI is InChI=1S/C16H20FN5O2S/c1-21(9-11-5-3-4-6-12(11)17)15(24)10-25-16-20-19-14(22(16)2)8-7-13(18)23/h3-6H,7-10H2,1-2H3,(H2,18,23). The number of primary amides is 1. The lowest BCUT2D eigenvalue weighted by Gasteiger charge is -2.17. The van der Waals surface area contributed by atoms with E-state index in [1.54, 1.807) is 36.9 Å². The molecule has 0 saturated carbocycles. The minimum absolute atomic E-state index is 0.144. The van der Waals surface area contributed by atoms with Gasteiger partial charge in [0.1, 0.15) is 11.6 Å². The number of hydrogen-bond acceptors (Lipinski definition) is 5. The van der Waals surface area contributed by atoms with Crippen LogP contribution in [0.4, 0.5) is 4.39 Å². The molecule has 0 aliphatic carbocycles. The summed E-state index contributed by atoms with van der Waals surface area (Å²) in [6.45, 7) is 0.203. The molecule has 0 atom stereocenters. The molecule has 7 nitrogen and oxygen atoms in total. The van der Waals surface area contributed by atoms with Crippen LogP contribution >= 0.6 is 11.8 Å². The Balaban J connectivity index is 1.89. The molecule has 0 fully saturated rings. The number of halogens is 1. The van der Waals surface area contributed by atoms with Crippen LogP contribution in [0.2, 0.25) is 0 Å². The van der Waals surface area contributed by atoms with Gasteiger partial charge in [-0.3, -0.25) is 9.59 Å². The predicted octanol–water partition coefficient (Wildman–Crippen LogP) is 1.12. The number of nitrogens with zero attached hydrogens (tertiary/aromatic N) is 4. The van der Waals surface area contributed by atoms with Crippen LogP contribution in [0.5, 0.6) is 0 Å². The van der Waals surface area contributed by atoms with Crippen molar-refractivity contribution in [1.82, 2.24) is 19.7 Å². The third-order valence-electron chi connectivity index (χ3n) is 3.64. The molecule has 2 rings (SSSR count). The molecule has 0 unspecified atom stereocenters. The molecule has 0 aliphatic heterocycles. The van der Waals surface area contributed by atoms with Gasteiger partial charge in [-0.05, 0) is 6.07 Å². The Morgan fingerprint density at radius 3 is 2.72 bits per heavy atom. The molecule has 0 saturated heterocycles. The van der Waals surface area contributed by atoms with E-state index < -0.39 is 5.91 Å². The first-order chi connectivity index (χ1) is 11.9. The van der Waals surface area contributed by atoms with Crippen LogP contribution in [0.15, 0.2) is 29.4 Å². The van der Waals surface area contributed by atoms with Crippen LogP contribution in [0.25, 0.3) is 0 Å². The fourth-order valence-corrected chi connectivity index (χ4v) is 3.00. The van der Waals surface area contributed by atoms with E-state index in [4.69, 9.17) is 5.73 Å². The average Bonchev–Trinajstić information content (AvgIpc) is 2.92. The summed E-state index contributed by atoms with van der Waals surface area (Å²) >= 11 is 1.24. The third kappa shape index (κ3) is 5.28. The van der Waals surface area contributed by atoms with E-state index in [1.807, 2.05) is 0 Å². The number of thioether (sulfide) groups is 1. The van der Waals surface area contributed by atoms with Gasteiger partial charge in [0.25, 0.3) is 0 Å². The Bertz CT molecular complexity index is 765. The first-order valence-electron chi connectivity index (χ1n) is 7.65. The summed E-state index contributed by atoms with van der Waals surface area (Å²) in [5.74, 6) is -0.0834. The zero-order valence-electron chi connectivity index (χ0n) is 14.1. The molecule has 1 heterocycles. The number of hydrogen-bond donors (Lipinski definition) is 1. The lowest BCUT2D eigenvalue weighted by Crippen LogP contribution is -2.28. The van der Waals surface area contributed by atoms with Crippen molar-refractivity contribution in [2.75, 3.05) is 12.8 Å². The largest absolute Gasteiger partial charge is 0.370 e. The van der Waals surface area contributed by atoms with E-state index in [-0.39, 0.29) is 30.4 Å². The topological polar surface area (TPSA) is 94.1 Å². The highest BCUT2D eigenvalue weighted by Gasteiger charge is 2.15. The monoisotopic (exact) mass is 365 g/mol. The molecule has 0 radical (unpaired) electrons. The van der Waals surface area contributed by atoms with Crippen LogP contribution in [0, 0.1) is 5.82 Å². The fourth-order valence-electron chi connectivity index (χ4n) is 2.13. The number of benzene rings is 1. The molecule has 0 spiro atoms. The van der Waals surface area contributed by atoms with Crippen molar-refractivity contribution in [3.8, 4) is 0 Å². The first-order valence-corrected chi connectivity index (χ1v) is 8.63. The van der Waals surface area contributed by atoms with Gasteiger partial charge < -0.3 is 15.2 Å². The maximum absolute atomic E-state index is 13.7. The highest BCUT2D eigenvalue weighted by molar-refractivity contribution is 7.99. The zero-order chi connectivity index (χ0) is 18.4. The molecule has 25 heavy (non-hydrogen) atoms. The average molecular weight is 365 g/mol. The van der Waals surface area contributed by atoms with Gasteiger partial charge in [0, 0.05) is 39.0 Å². The quantitative estimate of drug-likeness (QED) is 0.708. The minimum Gasteiger partial charge on any atom is -0.370 e. The predicted molar refractivity (Wildman–Crippen MR) is 92.1 cm³/mol. The van der Waals surface area contributed by atoms with Crippen LogP contribution in [-0.4, -0.2) is 44.3 Å². The Morgan fingerprint density at radius 2 is 2.04 bits per heavy atom. The van der Waals surface area contributed by atoms with Crippen molar-refractivity contribution in [3.63, 3.8) is 0 Å².